The van der Waals surface area contributed by atoms with Gasteiger partial charge >= 0.3 is 6.09 Å². The van der Waals surface area contributed by atoms with E-state index in [0.29, 0.717) is 36.5 Å². The molecular formula is C21H22ClFN2O3. The van der Waals surface area contributed by atoms with Gasteiger partial charge in [0.15, 0.2) is 5.78 Å². The van der Waals surface area contributed by atoms with Crippen molar-refractivity contribution in [1.82, 2.24) is 4.90 Å². The molecule has 1 aliphatic rings. The van der Waals surface area contributed by atoms with Crippen LogP contribution in [0.2, 0.25) is 5.02 Å². The van der Waals surface area contributed by atoms with Crippen molar-refractivity contribution in [2.45, 2.75) is 18.9 Å². The average Bonchev–Trinajstić information content (AvgIpc) is 2.70. The van der Waals surface area contributed by atoms with Gasteiger partial charge in [0.1, 0.15) is 12.4 Å². The normalized spacial score (nSPS) is 16.5. The van der Waals surface area contributed by atoms with Crippen molar-refractivity contribution in [3.05, 3.63) is 70.5 Å². The lowest BCUT2D eigenvalue weighted by Gasteiger charge is -2.37. The number of likely N-dealkylation sites (tertiary alicyclic amines) is 1. The van der Waals surface area contributed by atoms with Crippen LogP contribution in [-0.4, -0.2) is 36.5 Å². The van der Waals surface area contributed by atoms with Crippen LogP contribution in [0.5, 0.6) is 0 Å². The Morgan fingerprint density at radius 1 is 1.11 bits per heavy atom. The minimum absolute atomic E-state index is 0.0380. The number of amides is 1. The molecular weight excluding hydrogens is 383 g/mol. The molecule has 0 aromatic heterocycles. The van der Waals surface area contributed by atoms with Crippen molar-refractivity contribution in [2.24, 2.45) is 11.7 Å². The van der Waals surface area contributed by atoms with Crippen molar-refractivity contribution in [3.8, 4) is 0 Å². The predicted molar refractivity (Wildman–Crippen MR) is 105 cm³/mol. The predicted octanol–water partition coefficient (Wildman–Crippen LogP) is 4.21. The van der Waals surface area contributed by atoms with Gasteiger partial charge in [0.25, 0.3) is 0 Å². The van der Waals surface area contributed by atoms with Crippen LogP contribution in [0.3, 0.4) is 0 Å². The van der Waals surface area contributed by atoms with Gasteiger partial charge in [0.2, 0.25) is 0 Å². The Kier molecular flexibility index (Phi) is 6.65. The number of halogens is 2. The van der Waals surface area contributed by atoms with Crippen molar-refractivity contribution >= 4 is 23.5 Å². The summed E-state index contributed by atoms with van der Waals surface area (Å²) < 4.78 is 18.1. The van der Waals surface area contributed by atoms with E-state index in [0.717, 1.165) is 5.56 Å². The molecule has 0 spiro atoms. The number of hydrogen-bond donors (Lipinski definition) is 1. The number of primary amides is 1. The summed E-state index contributed by atoms with van der Waals surface area (Å²) in [5.74, 6) is -0.424. The molecule has 1 fully saturated rings. The average molecular weight is 405 g/mol. The van der Waals surface area contributed by atoms with Gasteiger partial charge in [-0.15, -0.1) is 0 Å². The van der Waals surface area contributed by atoms with Crippen LogP contribution in [0.15, 0.2) is 48.5 Å². The number of rotatable bonds is 6. The molecule has 2 aromatic carbocycles. The Labute approximate surface area is 168 Å². The van der Waals surface area contributed by atoms with E-state index in [1.807, 2.05) is 12.1 Å². The summed E-state index contributed by atoms with van der Waals surface area (Å²) in [6, 6.07) is 12.9. The van der Waals surface area contributed by atoms with Gasteiger partial charge < -0.3 is 10.5 Å². The highest BCUT2D eigenvalue weighted by Crippen LogP contribution is 2.29. The largest absolute Gasteiger partial charge is 0.448 e. The van der Waals surface area contributed by atoms with E-state index in [1.54, 1.807) is 12.1 Å². The fourth-order valence-corrected chi connectivity index (χ4v) is 3.71. The molecule has 1 amide bonds. The lowest BCUT2D eigenvalue weighted by atomic mass is 9.88. The third-order valence-corrected chi connectivity index (χ3v) is 5.36. The number of ketones is 1. The molecule has 0 bridgehead atoms. The van der Waals surface area contributed by atoms with Crippen LogP contribution in [-0.2, 0) is 4.74 Å². The molecule has 28 heavy (non-hydrogen) atoms. The minimum Gasteiger partial charge on any atom is -0.448 e. The summed E-state index contributed by atoms with van der Waals surface area (Å²) in [4.78, 5) is 25.9. The van der Waals surface area contributed by atoms with Crippen LogP contribution in [0.25, 0.3) is 0 Å². The molecule has 1 saturated heterocycles. The van der Waals surface area contributed by atoms with E-state index in [9.17, 15) is 14.0 Å². The Balaban J connectivity index is 1.67. The third-order valence-electron chi connectivity index (χ3n) is 5.11. The Morgan fingerprint density at radius 3 is 2.29 bits per heavy atom. The topological polar surface area (TPSA) is 72.6 Å². The molecule has 2 aromatic rings. The van der Waals surface area contributed by atoms with Crippen LogP contribution in [0.4, 0.5) is 9.18 Å². The van der Waals surface area contributed by atoms with Crippen molar-refractivity contribution in [3.63, 3.8) is 0 Å². The molecule has 0 radical (unpaired) electrons. The highest BCUT2D eigenvalue weighted by atomic mass is 35.5. The smallest absolute Gasteiger partial charge is 0.404 e. The quantitative estimate of drug-likeness (QED) is 0.732. The highest BCUT2D eigenvalue weighted by Gasteiger charge is 2.30. The first-order valence-electron chi connectivity index (χ1n) is 9.15. The fourth-order valence-electron chi connectivity index (χ4n) is 3.58. The summed E-state index contributed by atoms with van der Waals surface area (Å²) >= 11 is 5.97. The fraction of sp³-hybridized carbons (Fsp3) is 0.333. The van der Waals surface area contributed by atoms with E-state index < -0.39 is 6.09 Å². The zero-order chi connectivity index (χ0) is 20.1. The lowest BCUT2D eigenvalue weighted by molar-refractivity contribution is 0.0627. The van der Waals surface area contributed by atoms with E-state index in [4.69, 9.17) is 22.1 Å². The molecule has 1 heterocycles. The Bertz CT molecular complexity index is 819. The first-order chi connectivity index (χ1) is 13.4. The maximum Gasteiger partial charge on any atom is 0.404 e. The molecule has 7 heteroatoms. The number of nitrogens with two attached hydrogens (primary N) is 1. The number of benzene rings is 2. The summed E-state index contributed by atoms with van der Waals surface area (Å²) in [6.45, 7) is 1.48. The van der Waals surface area contributed by atoms with E-state index in [-0.39, 0.29) is 30.2 Å². The monoisotopic (exact) mass is 404 g/mol. The minimum atomic E-state index is -0.819. The zero-order valence-corrected chi connectivity index (χ0v) is 16.1. The number of Topliss-reactive ketones (excluding diaryl/α,β-unsaturated/α-hetero) is 1. The van der Waals surface area contributed by atoms with Crippen molar-refractivity contribution in [2.75, 3.05) is 19.7 Å². The van der Waals surface area contributed by atoms with E-state index >= 15 is 0 Å². The van der Waals surface area contributed by atoms with Crippen LogP contribution in [0.1, 0.15) is 34.8 Å². The van der Waals surface area contributed by atoms with Crippen LogP contribution >= 0.6 is 11.6 Å². The molecule has 0 aliphatic carbocycles. The number of hydrogen-bond acceptors (Lipinski definition) is 4. The molecule has 1 atom stereocenters. The SMILES string of the molecule is NC(=O)OCC(c1ccc(Cl)cc1)N1CCC(C(=O)c2ccc(F)cc2)CC1. The van der Waals surface area contributed by atoms with Crippen LogP contribution < -0.4 is 5.73 Å². The van der Waals surface area contributed by atoms with Gasteiger partial charge in [-0.1, -0.05) is 23.7 Å². The molecule has 3 rings (SSSR count). The first-order valence-corrected chi connectivity index (χ1v) is 9.53. The second kappa shape index (κ2) is 9.17. The molecule has 1 aliphatic heterocycles. The van der Waals surface area contributed by atoms with Gasteiger partial charge in [-0.05, 0) is 67.9 Å². The lowest BCUT2D eigenvalue weighted by Crippen LogP contribution is -2.41. The van der Waals surface area contributed by atoms with Crippen LogP contribution in [0, 0.1) is 11.7 Å². The summed E-state index contributed by atoms with van der Waals surface area (Å²) in [5.41, 5.74) is 6.64. The number of ether oxygens (including phenoxy) is 1. The first kappa shape index (κ1) is 20.3. The number of piperidine rings is 1. The van der Waals surface area contributed by atoms with Gasteiger partial charge in [0, 0.05) is 16.5 Å². The van der Waals surface area contributed by atoms with Gasteiger partial charge in [-0.25, -0.2) is 9.18 Å². The van der Waals surface area contributed by atoms with Crippen molar-refractivity contribution in [1.29, 1.82) is 0 Å². The standard InChI is InChI=1S/C21H22ClFN2O3/c22-17-5-1-14(2-6-17)19(13-28-21(24)27)25-11-9-16(10-12-25)20(26)15-3-7-18(23)8-4-15/h1-8,16,19H,9-13H2,(H2,24,27). The molecule has 0 saturated carbocycles. The Morgan fingerprint density at radius 2 is 1.71 bits per heavy atom. The maximum absolute atomic E-state index is 13.1. The second-order valence-electron chi connectivity index (χ2n) is 6.88. The molecule has 148 valence electrons. The van der Waals surface area contributed by atoms with E-state index in [1.165, 1.54) is 24.3 Å². The van der Waals surface area contributed by atoms with E-state index in [2.05, 4.69) is 4.90 Å². The number of carbonyl (C=O) groups is 2. The summed E-state index contributed by atoms with van der Waals surface area (Å²) in [7, 11) is 0. The second-order valence-corrected chi connectivity index (χ2v) is 7.32. The molecule has 1 unspecified atom stereocenters. The third kappa shape index (κ3) is 5.09. The number of carbonyl (C=O) groups excluding carboxylic acids is 2. The maximum atomic E-state index is 13.1. The summed E-state index contributed by atoms with van der Waals surface area (Å²) in [5, 5.41) is 0.627. The van der Waals surface area contributed by atoms with Gasteiger partial charge in [-0.2, -0.15) is 0 Å². The summed E-state index contributed by atoms with van der Waals surface area (Å²) in [6.07, 6.45) is 0.536. The molecule has 2 N–H and O–H groups in total. The zero-order valence-electron chi connectivity index (χ0n) is 15.3. The Hall–Kier alpha value is -2.44. The highest BCUT2D eigenvalue weighted by molar-refractivity contribution is 6.30. The number of nitrogens with zero attached hydrogens (tertiary/aromatic N) is 1. The van der Waals surface area contributed by atoms with Gasteiger partial charge in [0.05, 0.1) is 6.04 Å². The van der Waals surface area contributed by atoms with Gasteiger partial charge in [-0.3, -0.25) is 9.69 Å². The van der Waals surface area contributed by atoms with Crippen molar-refractivity contribution < 1.29 is 18.7 Å². The molecule has 5 nitrogen and oxygen atoms in total.